The molecule has 2 unspecified atom stereocenters. The minimum Gasteiger partial charge on any atom is -0.389 e. The maximum absolute atomic E-state index is 9.92. The molecule has 2 atom stereocenters. The fraction of sp³-hybridized carbons (Fsp3) is 0.533. The number of aliphatic hydroxyl groups is 1. The van der Waals surface area contributed by atoms with Gasteiger partial charge in [-0.15, -0.1) is 0 Å². The molecule has 5 heteroatoms. The van der Waals surface area contributed by atoms with Crippen molar-refractivity contribution >= 4 is 26.8 Å². The zero-order valence-corrected chi connectivity index (χ0v) is 13.4. The van der Waals surface area contributed by atoms with Crippen molar-refractivity contribution in [2.75, 3.05) is 6.61 Å². The molecule has 108 valence electrons. The van der Waals surface area contributed by atoms with E-state index in [1.165, 1.54) is 6.42 Å². The molecular formula is C15H19BrN2O2. The maximum atomic E-state index is 9.92. The number of ether oxygens (including phenoxy) is 1. The first kappa shape index (κ1) is 14.0. The van der Waals surface area contributed by atoms with Crippen LogP contribution in [0.5, 0.6) is 0 Å². The zero-order valence-electron chi connectivity index (χ0n) is 11.8. The van der Waals surface area contributed by atoms with E-state index < -0.39 is 6.10 Å². The summed E-state index contributed by atoms with van der Waals surface area (Å²) >= 11 is 3.62. The van der Waals surface area contributed by atoms with Gasteiger partial charge in [0.25, 0.3) is 0 Å². The van der Waals surface area contributed by atoms with Crippen LogP contribution in [0.25, 0.3) is 10.9 Å². The van der Waals surface area contributed by atoms with E-state index in [1.807, 2.05) is 17.8 Å². The van der Waals surface area contributed by atoms with Gasteiger partial charge in [0.2, 0.25) is 0 Å². The van der Waals surface area contributed by atoms with Gasteiger partial charge < -0.3 is 9.84 Å². The molecule has 2 heterocycles. The second-order valence-corrected chi connectivity index (χ2v) is 6.23. The molecule has 2 aromatic rings. The lowest BCUT2D eigenvalue weighted by molar-refractivity contribution is -0.0366. The van der Waals surface area contributed by atoms with Gasteiger partial charge >= 0.3 is 0 Å². The lowest BCUT2D eigenvalue weighted by atomic mass is 10.0. The molecule has 3 rings (SSSR count). The Morgan fingerprint density at radius 3 is 2.95 bits per heavy atom. The summed E-state index contributed by atoms with van der Waals surface area (Å²) in [5.41, 5.74) is 3.06. The topological polar surface area (TPSA) is 47.3 Å². The number of aliphatic hydroxyl groups excluding tert-OH is 1. The van der Waals surface area contributed by atoms with Crippen molar-refractivity contribution in [1.82, 2.24) is 9.78 Å². The first-order chi connectivity index (χ1) is 9.59. The van der Waals surface area contributed by atoms with Crippen molar-refractivity contribution in [3.05, 3.63) is 27.9 Å². The summed E-state index contributed by atoms with van der Waals surface area (Å²) in [5, 5.41) is 15.4. The molecule has 1 fully saturated rings. The summed E-state index contributed by atoms with van der Waals surface area (Å²) in [7, 11) is 0. The Bertz CT molecular complexity index is 630. The third kappa shape index (κ3) is 2.28. The van der Waals surface area contributed by atoms with Crippen molar-refractivity contribution in [3.8, 4) is 0 Å². The second kappa shape index (κ2) is 5.47. The normalized spacial score (nSPS) is 21.3. The van der Waals surface area contributed by atoms with Gasteiger partial charge in [-0.2, -0.15) is 5.10 Å². The lowest BCUT2D eigenvalue weighted by Gasteiger charge is -2.24. The van der Waals surface area contributed by atoms with Gasteiger partial charge in [-0.1, -0.05) is 0 Å². The fourth-order valence-electron chi connectivity index (χ4n) is 2.94. The van der Waals surface area contributed by atoms with E-state index in [4.69, 9.17) is 4.74 Å². The van der Waals surface area contributed by atoms with Gasteiger partial charge in [0.1, 0.15) is 0 Å². The van der Waals surface area contributed by atoms with Crippen molar-refractivity contribution in [2.24, 2.45) is 0 Å². The van der Waals surface area contributed by atoms with Crippen LogP contribution < -0.4 is 0 Å². The number of aromatic nitrogens is 2. The van der Waals surface area contributed by atoms with Gasteiger partial charge in [-0.3, -0.25) is 0 Å². The number of hydrogen-bond acceptors (Lipinski definition) is 3. The highest BCUT2D eigenvalue weighted by atomic mass is 79.9. The molecule has 0 radical (unpaired) electrons. The van der Waals surface area contributed by atoms with Crippen LogP contribution >= 0.6 is 15.9 Å². The van der Waals surface area contributed by atoms with E-state index >= 15 is 0 Å². The molecule has 1 aromatic heterocycles. The first-order valence-electron chi connectivity index (χ1n) is 7.05. The van der Waals surface area contributed by atoms with Crippen molar-refractivity contribution in [3.63, 3.8) is 0 Å². The number of hydrogen-bond donors (Lipinski definition) is 1. The molecule has 0 spiro atoms. The molecule has 0 aliphatic carbocycles. The van der Waals surface area contributed by atoms with E-state index in [-0.39, 0.29) is 6.23 Å². The van der Waals surface area contributed by atoms with E-state index in [2.05, 4.69) is 27.1 Å². The van der Waals surface area contributed by atoms with E-state index in [9.17, 15) is 5.11 Å². The highest BCUT2D eigenvalue weighted by molar-refractivity contribution is 9.10. The van der Waals surface area contributed by atoms with Crippen LogP contribution in [0.4, 0.5) is 0 Å². The summed E-state index contributed by atoms with van der Waals surface area (Å²) in [4.78, 5) is 0. The predicted octanol–water partition coefficient (Wildman–Crippen LogP) is 3.86. The third-order valence-corrected chi connectivity index (χ3v) is 4.79. The minimum absolute atomic E-state index is 0.0324. The van der Waals surface area contributed by atoms with Crippen molar-refractivity contribution in [1.29, 1.82) is 0 Å². The SMILES string of the molecule is Cc1cc2c(cnn2C2CCCCO2)c(Br)c1C(C)O. The molecular weight excluding hydrogens is 320 g/mol. The van der Waals surface area contributed by atoms with Crippen LogP contribution in [0.15, 0.2) is 16.7 Å². The van der Waals surface area contributed by atoms with Crippen molar-refractivity contribution < 1.29 is 9.84 Å². The Morgan fingerprint density at radius 2 is 2.30 bits per heavy atom. The molecule has 1 aromatic carbocycles. The third-order valence-electron chi connectivity index (χ3n) is 3.93. The van der Waals surface area contributed by atoms with E-state index in [1.54, 1.807) is 6.92 Å². The molecule has 0 saturated carbocycles. The van der Waals surface area contributed by atoms with Gasteiger partial charge in [-0.05, 0) is 66.2 Å². The first-order valence-corrected chi connectivity index (χ1v) is 7.84. The number of fused-ring (bicyclic) bond motifs is 1. The number of nitrogens with zero attached hydrogens (tertiary/aromatic N) is 2. The molecule has 1 aliphatic rings. The molecule has 1 saturated heterocycles. The molecule has 1 aliphatic heterocycles. The van der Waals surface area contributed by atoms with Crippen LogP contribution in [0.3, 0.4) is 0 Å². The van der Waals surface area contributed by atoms with E-state index in [0.29, 0.717) is 0 Å². The second-order valence-electron chi connectivity index (χ2n) is 5.44. The monoisotopic (exact) mass is 338 g/mol. The Kier molecular flexibility index (Phi) is 3.84. The highest BCUT2D eigenvalue weighted by Gasteiger charge is 2.21. The van der Waals surface area contributed by atoms with Crippen LogP contribution in [-0.4, -0.2) is 21.5 Å². The van der Waals surface area contributed by atoms with Crippen LogP contribution in [0, 0.1) is 6.92 Å². The summed E-state index contributed by atoms with van der Waals surface area (Å²) < 4.78 is 8.73. The van der Waals surface area contributed by atoms with Gasteiger partial charge in [0, 0.05) is 16.5 Å². The van der Waals surface area contributed by atoms with Crippen LogP contribution in [0.1, 0.15) is 49.6 Å². The fourth-order valence-corrected chi connectivity index (χ4v) is 3.89. The Hall–Kier alpha value is -0.910. The van der Waals surface area contributed by atoms with Crippen LogP contribution in [0.2, 0.25) is 0 Å². The quantitative estimate of drug-likeness (QED) is 0.904. The maximum Gasteiger partial charge on any atom is 0.150 e. The number of aryl methyl sites for hydroxylation is 1. The number of rotatable bonds is 2. The van der Waals surface area contributed by atoms with Crippen LogP contribution in [-0.2, 0) is 4.74 Å². The van der Waals surface area contributed by atoms with Gasteiger partial charge in [0.15, 0.2) is 6.23 Å². The zero-order chi connectivity index (χ0) is 14.3. The van der Waals surface area contributed by atoms with Gasteiger partial charge in [-0.25, -0.2) is 4.68 Å². The Morgan fingerprint density at radius 1 is 1.50 bits per heavy atom. The summed E-state index contributed by atoms with van der Waals surface area (Å²) in [6, 6.07) is 2.09. The molecule has 20 heavy (non-hydrogen) atoms. The largest absolute Gasteiger partial charge is 0.389 e. The molecule has 0 bridgehead atoms. The molecule has 4 nitrogen and oxygen atoms in total. The Labute approximate surface area is 126 Å². The highest BCUT2D eigenvalue weighted by Crippen LogP contribution is 2.36. The smallest absolute Gasteiger partial charge is 0.150 e. The number of benzene rings is 1. The van der Waals surface area contributed by atoms with Crippen molar-refractivity contribution in [2.45, 2.75) is 45.4 Å². The summed E-state index contributed by atoms with van der Waals surface area (Å²) in [6.45, 7) is 4.61. The predicted molar refractivity (Wildman–Crippen MR) is 81.6 cm³/mol. The number of halogens is 1. The summed E-state index contributed by atoms with van der Waals surface area (Å²) in [5.74, 6) is 0. The molecule has 0 amide bonds. The summed E-state index contributed by atoms with van der Waals surface area (Å²) in [6.07, 6.45) is 4.70. The van der Waals surface area contributed by atoms with E-state index in [0.717, 1.165) is 46.0 Å². The molecule has 1 N–H and O–H groups in total. The lowest BCUT2D eigenvalue weighted by Crippen LogP contribution is -2.19. The minimum atomic E-state index is -0.497. The Balaban J connectivity index is 2.13. The standard InChI is InChI=1S/C15H19BrN2O2/c1-9-7-12-11(15(16)14(9)10(2)19)8-17-18(12)13-5-3-4-6-20-13/h7-8,10,13,19H,3-6H2,1-2H3. The average molecular weight is 339 g/mol. The average Bonchev–Trinajstić information content (AvgIpc) is 2.83. The van der Waals surface area contributed by atoms with Gasteiger partial charge in [0.05, 0.1) is 17.8 Å².